The Morgan fingerprint density at radius 3 is 2.30 bits per heavy atom. The van der Waals surface area contributed by atoms with Crippen molar-refractivity contribution in [3.05, 3.63) is 22.8 Å². The van der Waals surface area contributed by atoms with Crippen molar-refractivity contribution in [1.82, 2.24) is 4.90 Å². The Kier molecular flexibility index (Phi) is 5.88. The number of likely N-dealkylation sites (tertiary alicyclic amines) is 1. The van der Waals surface area contributed by atoms with E-state index in [1.807, 2.05) is 17.0 Å². The Morgan fingerprint density at radius 1 is 1.25 bits per heavy atom. The number of carboxylic acid groups (broad SMARTS) is 1. The lowest BCUT2D eigenvalue weighted by atomic mass is 10.0. The van der Waals surface area contributed by atoms with Crippen molar-refractivity contribution < 1.29 is 14.7 Å². The van der Waals surface area contributed by atoms with Crippen molar-refractivity contribution in [1.29, 1.82) is 0 Å². The number of hydrogen-bond acceptors (Lipinski definition) is 3. The summed E-state index contributed by atoms with van der Waals surface area (Å²) in [6, 6.07) is 4.01. The molecule has 1 aromatic rings. The van der Waals surface area contributed by atoms with Gasteiger partial charge in [-0.3, -0.25) is 14.5 Å². The molecule has 1 aliphatic rings. The molecular formula is C12H11I3N2O3. The van der Waals surface area contributed by atoms with Gasteiger partial charge in [0.25, 0.3) is 0 Å². The largest absolute Gasteiger partial charge is 0.481 e. The van der Waals surface area contributed by atoms with E-state index in [2.05, 4.69) is 73.1 Å². The molecule has 1 fully saturated rings. The van der Waals surface area contributed by atoms with Gasteiger partial charge in [-0.1, -0.05) is 0 Å². The number of hydrogen-bond donors (Lipinski definition) is 2. The Hall–Kier alpha value is 0.310. The van der Waals surface area contributed by atoms with Crippen LogP contribution in [0.1, 0.15) is 0 Å². The number of anilines is 1. The quantitative estimate of drug-likeness (QED) is 0.514. The molecule has 1 aliphatic heterocycles. The highest BCUT2D eigenvalue weighted by molar-refractivity contribution is 14.1. The molecule has 2 N–H and O–H groups in total. The molecule has 1 aromatic carbocycles. The van der Waals surface area contributed by atoms with Gasteiger partial charge in [-0.2, -0.15) is 0 Å². The molecule has 108 valence electrons. The van der Waals surface area contributed by atoms with Crippen molar-refractivity contribution in [2.45, 2.75) is 0 Å². The van der Waals surface area contributed by atoms with Crippen LogP contribution in [0.25, 0.3) is 0 Å². The maximum atomic E-state index is 12.0. The minimum atomic E-state index is -0.789. The summed E-state index contributed by atoms with van der Waals surface area (Å²) in [5.41, 5.74) is 0.826. The van der Waals surface area contributed by atoms with Crippen LogP contribution in [-0.2, 0) is 9.59 Å². The second-order valence-corrected chi connectivity index (χ2v) is 8.09. The molecule has 0 aromatic heterocycles. The van der Waals surface area contributed by atoms with Gasteiger partial charge in [0.05, 0.1) is 18.2 Å². The minimum Gasteiger partial charge on any atom is -0.481 e. The number of nitrogens with one attached hydrogen (secondary N) is 1. The summed E-state index contributed by atoms with van der Waals surface area (Å²) in [7, 11) is 0. The van der Waals surface area contributed by atoms with Gasteiger partial charge in [0.2, 0.25) is 5.91 Å². The molecule has 1 heterocycles. The topological polar surface area (TPSA) is 69.6 Å². The Labute approximate surface area is 157 Å². The second kappa shape index (κ2) is 7.05. The van der Waals surface area contributed by atoms with Gasteiger partial charge in [0.1, 0.15) is 0 Å². The average molecular weight is 612 g/mol. The zero-order valence-electron chi connectivity index (χ0n) is 10.2. The zero-order chi connectivity index (χ0) is 14.9. The van der Waals surface area contributed by atoms with Crippen molar-refractivity contribution in [3.63, 3.8) is 0 Å². The van der Waals surface area contributed by atoms with E-state index in [0.717, 1.165) is 16.4 Å². The van der Waals surface area contributed by atoms with Crippen molar-refractivity contribution >= 4 is 85.3 Å². The Bertz CT molecular complexity index is 536. The van der Waals surface area contributed by atoms with Crippen LogP contribution in [0.15, 0.2) is 12.1 Å². The molecule has 20 heavy (non-hydrogen) atoms. The predicted octanol–water partition coefficient (Wildman–Crippen LogP) is 2.46. The van der Waals surface area contributed by atoms with Gasteiger partial charge in [0, 0.05) is 23.8 Å². The fourth-order valence-electron chi connectivity index (χ4n) is 1.90. The number of benzene rings is 1. The fraction of sp³-hybridized carbons (Fsp3) is 0.333. The summed E-state index contributed by atoms with van der Waals surface area (Å²) in [6.07, 6.45) is 0. The third kappa shape index (κ3) is 4.16. The molecule has 0 saturated carbocycles. The molecule has 0 unspecified atom stereocenters. The molecule has 1 saturated heterocycles. The van der Waals surface area contributed by atoms with Crippen LogP contribution in [0.5, 0.6) is 0 Å². The van der Waals surface area contributed by atoms with E-state index < -0.39 is 5.97 Å². The monoisotopic (exact) mass is 612 g/mol. The fourth-order valence-corrected chi connectivity index (χ4v) is 5.75. The van der Waals surface area contributed by atoms with Crippen LogP contribution < -0.4 is 5.32 Å². The van der Waals surface area contributed by atoms with Crippen molar-refractivity contribution in [2.24, 2.45) is 5.92 Å². The molecule has 8 heteroatoms. The molecule has 0 radical (unpaired) electrons. The molecule has 0 aliphatic carbocycles. The van der Waals surface area contributed by atoms with Crippen LogP contribution in [0, 0.1) is 16.6 Å². The third-order valence-electron chi connectivity index (χ3n) is 2.94. The predicted molar refractivity (Wildman–Crippen MR) is 101 cm³/mol. The molecule has 0 atom stereocenters. The van der Waals surface area contributed by atoms with Gasteiger partial charge in [-0.05, 0) is 79.9 Å². The van der Waals surface area contributed by atoms with Gasteiger partial charge < -0.3 is 10.4 Å². The number of halogens is 3. The maximum absolute atomic E-state index is 12.0. The first-order valence-electron chi connectivity index (χ1n) is 5.76. The van der Waals surface area contributed by atoms with Gasteiger partial charge in [0.15, 0.2) is 0 Å². The highest BCUT2D eigenvalue weighted by Gasteiger charge is 2.33. The van der Waals surface area contributed by atoms with Crippen LogP contribution in [0.3, 0.4) is 0 Å². The third-order valence-corrected chi connectivity index (χ3v) is 5.27. The summed E-state index contributed by atoms with van der Waals surface area (Å²) in [5, 5.41) is 11.7. The van der Waals surface area contributed by atoms with Crippen LogP contribution in [-0.4, -0.2) is 41.5 Å². The minimum absolute atomic E-state index is 0.106. The van der Waals surface area contributed by atoms with E-state index in [1.165, 1.54) is 0 Å². The van der Waals surface area contributed by atoms with E-state index in [-0.39, 0.29) is 18.4 Å². The van der Waals surface area contributed by atoms with Gasteiger partial charge >= 0.3 is 5.97 Å². The lowest BCUT2D eigenvalue weighted by Gasteiger charge is -2.35. The summed E-state index contributed by atoms with van der Waals surface area (Å²) in [4.78, 5) is 24.5. The first-order chi connectivity index (χ1) is 9.36. The van der Waals surface area contributed by atoms with E-state index in [4.69, 9.17) is 5.11 Å². The summed E-state index contributed by atoms with van der Waals surface area (Å²) in [5.74, 6) is -1.23. The van der Waals surface area contributed by atoms with E-state index in [1.54, 1.807) is 0 Å². The highest BCUT2D eigenvalue weighted by Crippen LogP contribution is 2.27. The molecular weight excluding hydrogens is 601 g/mol. The maximum Gasteiger partial charge on any atom is 0.309 e. The first kappa shape index (κ1) is 16.7. The van der Waals surface area contributed by atoms with E-state index in [9.17, 15) is 9.59 Å². The lowest BCUT2D eigenvalue weighted by molar-refractivity contribution is -0.148. The summed E-state index contributed by atoms with van der Waals surface area (Å²) in [6.45, 7) is 1.13. The molecule has 5 nitrogen and oxygen atoms in total. The normalized spacial score (nSPS) is 15.8. The number of carboxylic acids is 1. The van der Waals surface area contributed by atoms with Gasteiger partial charge in [-0.25, -0.2) is 0 Å². The molecule has 0 bridgehead atoms. The van der Waals surface area contributed by atoms with Crippen molar-refractivity contribution in [2.75, 3.05) is 25.0 Å². The van der Waals surface area contributed by atoms with Gasteiger partial charge in [-0.15, -0.1) is 0 Å². The number of amides is 1. The Morgan fingerprint density at radius 2 is 1.80 bits per heavy atom. The first-order valence-corrected chi connectivity index (χ1v) is 9.00. The van der Waals surface area contributed by atoms with Crippen LogP contribution >= 0.6 is 67.8 Å². The molecule has 1 amide bonds. The SMILES string of the molecule is O=C(CN1CC(C(=O)O)C1)Nc1c(I)cc(I)cc1I. The number of nitrogens with zero attached hydrogens (tertiary/aromatic N) is 1. The standard InChI is InChI=1S/C12H11I3N2O3/c13-7-1-8(14)11(9(15)2-7)16-10(18)5-17-3-6(4-17)12(19)20/h1-2,6H,3-5H2,(H,16,18)(H,19,20). The Balaban J connectivity index is 1.91. The van der Waals surface area contributed by atoms with E-state index in [0.29, 0.717) is 13.1 Å². The smallest absolute Gasteiger partial charge is 0.309 e. The second-order valence-electron chi connectivity index (χ2n) is 4.52. The number of rotatable bonds is 4. The lowest BCUT2D eigenvalue weighted by Crippen LogP contribution is -2.52. The van der Waals surface area contributed by atoms with Crippen molar-refractivity contribution in [3.8, 4) is 0 Å². The molecule has 2 rings (SSSR count). The van der Waals surface area contributed by atoms with Crippen LogP contribution in [0.4, 0.5) is 5.69 Å². The number of carbonyl (C=O) groups excluding carboxylic acids is 1. The number of aliphatic carboxylic acids is 1. The number of carbonyl (C=O) groups is 2. The summed E-state index contributed by atoms with van der Waals surface area (Å²) >= 11 is 6.64. The van der Waals surface area contributed by atoms with E-state index >= 15 is 0 Å². The molecule has 0 spiro atoms. The zero-order valence-corrected chi connectivity index (χ0v) is 16.7. The average Bonchev–Trinajstić information content (AvgIpc) is 2.27. The summed E-state index contributed by atoms with van der Waals surface area (Å²) < 4.78 is 3.12. The highest BCUT2D eigenvalue weighted by atomic mass is 127. The van der Waals surface area contributed by atoms with Crippen LogP contribution in [0.2, 0.25) is 0 Å².